The molecule has 1 aliphatic rings. The van der Waals surface area contributed by atoms with Crippen molar-refractivity contribution >= 4 is 10.9 Å². The molecule has 1 aromatic heterocycles. The Balaban J connectivity index is 2.08. The normalized spacial score (nSPS) is 21.4. The van der Waals surface area contributed by atoms with Gasteiger partial charge < -0.3 is 14.6 Å². The van der Waals surface area contributed by atoms with Crippen molar-refractivity contribution in [2.45, 2.75) is 6.04 Å². The van der Waals surface area contributed by atoms with Crippen molar-refractivity contribution in [3.63, 3.8) is 0 Å². The highest BCUT2D eigenvalue weighted by Crippen LogP contribution is 2.26. The summed E-state index contributed by atoms with van der Waals surface area (Å²) in [5.41, 5.74) is 2.63. The summed E-state index contributed by atoms with van der Waals surface area (Å²) in [6.07, 6.45) is 2.21. The van der Waals surface area contributed by atoms with Crippen molar-refractivity contribution in [1.82, 2.24) is 9.88 Å². The van der Waals surface area contributed by atoms with E-state index in [2.05, 4.69) is 47.4 Å². The van der Waals surface area contributed by atoms with Gasteiger partial charge >= 0.3 is 0 Å². The van der Waals surface area contributed by atoms with Crippen LogP contribution in [0, 0.1) is 0 Å². The third-order valence-corrected chi connectivity index (χ3v) is 3.22. The topological polar surface area (TPSA) is 26.2 Å². The molecule has 1 aliphatic heterocycles. The summed E-state index contributed by atoms with van der Waals surface area (Å²) in [5, 5.41) is 4.83. The van der Waals surface area contributed by atoms with E-state index in [1.54, 1.807) is 0 Å². The molecule has 0 bridgehead atoms. The molecular weight excluding hydrogens is 200 g/mol. The Morgan fingerprint density at radius 2 is 2.25 bits per heavy atom. The van der Waals surface area contributed by atoms with Crippen LogP contribution < -0.4 is 5.32 Å². The molecule has 1 N–H and O–H groups in total. The fourth-order valence-electron chi connectivity index (χ4n) is 2.42. The second-order valence-corrected chi connectivity index (χ2v) is 4.29. The molecule has 0 saturated carbocycles. The van der Waals surface area contributed by atoms with Crippen molar-refractivity contribution in [2.75, 3.05) is 19.8 Å². The molecule has 16 heavy (non-hydrogen) atoms. The monoisotopic (exact) mass is 216 g/mol. The Bertz CT molecular complexity index is 498. The standard InChI is InChI=1S/C13H16N2O/c1-15-8-11(12-9-16-7-6-14-12)10-4-2-3-5-13(10)15/h2-5,8,12,14H,6-7,9H2,1H3/t12-/m1/s1. The third-order valence-electron chi connectivity index (χ3n) is 3.22. The molecule has 3 rings (SSSR count). The van der Waals surface area contributed by atoms with Gasteiger partial charge in [0.15, 0.2) is 0 Å². The van der Waals surface area contributed by atoms with E-state index < -0.39 is 0 Å². The molecule has 2 aromatic rings. The fourth-order valence-corrected chi connectivity index (χ4v) is 2.42. The summed E-state index contributed by atoms with van der Waals surface area (Å²) in [5.74, 6) is 0. The van der Waals surface area contributed by atoms with Gasteiger partial charge in [-0.15, -0.1) is 0 Å². The highest BCUT2D eigenvalue weighted by molar-refractivity contribution is 5.84. The van der Waals surface area contributed by atoms with E-state index in [9.17, 15) is 0 Å². The van der Waals surface area contributed by atoms with Crippen LogP contribution in [0.3, 0.4) is 0 Å². The molecule has 0 aliphatic carbocycles. The smallest absolute Gasteiger partial charge is 0.0662 e. The third kappa shape index (κ3) is 1.52. The maximum Gasteiger partial charge on any atom is 0.0662 e. The predicted octanol–water partition coefficient (Wildman–Crippen LogP) is 1.84. The number of hydrogen-bond donors (Lipinski definition) is 1. The number of aryl methyl sites for hydroxylation is 1. The number of nitrogens with zero attached hydrogens (tertiary/aromatic N) is 1. The fraction of sp³-hybridized carbons (Fsp3) is 0.385. The number of nitrogens with one attached hydrogen (secondary N) is 1. The number of rotatable bonds is 1. The number of hydrogen-bond acceptors (Lipinski definition) is 2. The number of ether oxygens (including phenoxy) is 1. The molecule has 1 aromatic carbocycles. The van der Waals surface area contributed by atoms with Gasteiger partial charge in [-0.1, -0.05) is 18.2 Å². The first-order valence-electron chi connectivity index (χ1n) is 5.71. The van der Waals surface area contributed by atoms with E-state index >= 15 is 0 Å². The molecular formula is C13H16N2O. The maximum absolute atomic E-state index is 5.52. The zero-order valence-corrected chi connectivity index (χ0v) is 9.44. The van der Waals surface area contributed by atoms with Gasteiger partial charge in [-0.2, -0.15) is 0 Å². The van der Waals surface area contributed by atoms with Gasteiger partial charge in [0.2, 0.25) is 0 Å². The molecule has 0 radical (unpaired) electrons. The number of fused-ring (bicyclic) bond motifs is 1. The van der Waals surface area contributed by atoms with Crippen molar-refractivity contribution in [3.8, 4) is 0 Å². The van der Waals surface area contributed by atoms with Crippen LogP contribution >= 0.6 is 0 Å². The molecule has 3 heteroatoms. The van der Waals surface area contributed by atoms with Crippen LogP contribution in [0.25, 0.3) is 10.9 Å². The summed E-state index contributed by atoms with van der Waals surface area (Å²) in [7, 11) is 2.09. The molecule has 3 nitrogen and oxygen atoms in total. The van der Waals surface area contributed by atoms with Gasteiger partial charge in [0.05, 0.1) is 19.3 Å². The number of para-hydroxylation sites is 1. The van der Waals surface area contributed by atoms with Crippen molar-refractivity contribution < 1.29 is 4.74 Å². The lowest BCUT2D eigenvalue weighted by Gasteiger charge is -2.23. The molecule has 0 amide bonds. The summed E-state index contributed by atoms with van der Waals surface area (Å²) in [6, 6.07) is 8.84. The lowest BCUT2D eigenvalue weighted by molar-refractivity contribution is 0.0772. The zero-order chi connectivity index (χ0) is 11.0. The minimum absolute atomic E-state index is 0.333. The van der Waals surface area contributed by atoms with Gasteiger partial charge in [0.1, 0.15) is 0 Å². The summed E-state index contributed by atoms with van der Waals surface area (Å²) < 4.78 is 7.70. The van der Waals surface area contributed by atoms with E-state index in [-0.39, 0.29) is 0 Å². The Morgan fingerprint density at radius 3 is 3.06 bits per heavy atom. The van der Waals surface area contributed by atoms with Crippen LogP contribution in [0.5, 0.6) is 0 Å². The predicted molar refractivity (Wildman–Crippen MR) is 64.5 cm³/mol. The van der Waals surface area contributed by atoms with Gasteiger partial charge in [-0.3, -0.25) is 0 Å². The van der Waals surface area contributed by atoms with Crippen LogP contribution in [-0.4, -0.2) is 24.3 Å². The summed E-state index contributed by atoms with van der Waals surface area (Å²) in [4.78, 5) is 0. The van der Waals surface area contributed by atoms with Crippen LogP contribution in [0.15, 0.2) is 30.5 Å². The first-order chi connectivity index (χ1) is 7.86. The van der Waals surface area contributed by atoms with E-state index in [0.717, 1.165) is 19.8 Å². The first kappa shape index (κ1) is 9.87. The Hall–Kier alpha value is -1.32. The summed E-state index contributed by atoms with van der Waals surface area (Å²) in [6.45, 7) is 2.53. The van der Waals surface area contributed by atoms with Gasteiger partial charge in [-0.05, 0) is 11.6 Å². The molecule has 1 saturated heterocycles. The zero-order valence-electron chi connectivity index (χ0n) is 9.44. The van der Waals surface area contributed by atoms with Gasteiger partial charge in [0, 0.05) is 30.7 Å². The Labute approximate surface area is 95.0 Å². The molecule has 0 spiro atoms. The summed E-state index contributed by atoms with van der Waals surface area (Å²) >= 11 is 0. The quantitative estimate of drug-likeness (QED) is 0.787. The largest absolute Gasteiger partial charge is 0.378 e. The molecule has 1 fully saturated rings. The second kappa shape index (κ2) is 3.92. The van der Waals surface area contributed by atoms with E-state index in [4.69, 9.17) is 4.74 Å². The van der Waals surface area contributed by atoms with Crippen LogP contribution in [0.1, 0.15) is 11.6 Å². The van der Waals surface area contributed by atoms with Gasteiger partial charge in [-0.25, -0.2) is 0 Å². The maximum atomic E-state index is 5.52. The molecule has 0 unspecified atom stereocenters. The second-order valence-electron chi connectivity index (χ2n) is 4.29. The Morgan fingerprint density at radius 1 is 1.38 bits per heavy atom. The van der Waals surface area contributed by atoms with E-state index in [1.807, 2.05) is 0 Å². The van der Waals surface area contributed by atoms with Crippen LogP contribution in [0.4, 0.5) is 0 Å². The minimum atomic E-state index is 0.333. The average molecular weight is 216 g/mol. The lowest BCUT2D eigenvalue weighted by atomic mass is 10.1. The molecule has 84 valence electrons. The number of aromatic nitrogens is 1. The Kier molecular flexibility index (Phi) is 2.42. The molecule has 2 heterocycles. The van der Waals surface area contributed by atoms with Crippen molar-refractivity contribution in [3.05, 3.63) is 36.0 Å². The SMILES string of the molecule is Cn1cc([C@H]2COCCN2)c2ccccc21. The van der Waals surface area contributed by atoms with E-state index in [1.165, 1.54) is 16.5 Å². The van der Waals surface area contributed by atoms with Gasteiger partial charge in [0.25, 0.3) is 0 Å². The van der Waals surface area contributed by atoms with Crippen molar-refractivity contribution in [1.29, 1.82) is 0 Å². The number of benzene rings is 1. The highest BCUT2D eigenvalue weighted by Gasteiger charge is 2.19. The number of morpholine rings is 1. The minimum Gasteiger partial charge on any atom is -0.378 e. The lowest BCUT2D eigenvalue weighted by Crippen LogP contribution is -2.34. The van der Waals surface area contributed by atoms with Crippen LogP contribution in [0.2, 0.25) is 0 Å². The highest BCUT2D eigenvalue weighted by atomic mass is 16.5. The molecule has 1 atom stereocenters. The van der Waals surface area contributed by atoms with E-state index in [0.29, 0.717) is 6.04 Å². The van der Waals surface area contributed by atoms with Crippen LogP contribution in [-0.2, 0) is 11.8 Å². The first-order valence-corrected chi connectivity index (χ1v) is 5.71. The average Bonchev–Trinajstić information content (AvgIpc) is 2.69. The van der Waals surface area contributed by atoms with Crippen molar-refractivity contribution in [2.24, 2.45) is 7.05 Å².